The van der Waals surface area contributed by atoms with Crippen molar-refractivity contribution < 1.29 is 19.1 Å². The lowest BCUT2D eigenvalue weighted by molar-refractivity contribution is -0.149. The van der Waals surface area contributed by atoms with Crippen LogP contribution in [0.25, 0.3) is 0 Å². The first-order chi connectivity index (χ1) is 9.32. The van der Waals surface area contributed by atoms with Gasteiger partial charge in [0.2, 0.25) is 5.91 Å². The number of rotatable bonds is 6. The molecule has 0 aromatic heterocycles. The highest BCUT2D eigenvalue weighted by Gasteiger charge is 2.25. The molecule has 1 amide bonds. The Bertz CT molecular complexity index is 478. The van der Waals surface area contributed by atoms with Crippen LogP contribution in [-0.2, 0) is 9.59 Å². The highest BCUT2D eigenvalue weighted by molar-refractivity contribution is 7.99. The van der Waals surface area contributed by atoms with Crippen LogP contribution in [0.3, 0.4) is 0 Å². The lowest BCUT2D eigenvalue weighted by Gasteiger charge is -2.24. The molecule has 20 heavy (non-hydrogen) atoms. The first kappa shape index (κ1) is 16.5. The summed E-state index contributed by atoms with van der Waals surface area (Å²) in [7, 11) is 1.49. The zero-order valence-electron chi connectivity index (χ0n) is 11.7. The van der Waals surface area contributed by atoms with E-state index in [1.54, 1.807) is 19.1 Å². The molecule has 0 spiro atoms. The van der Waals surface area contributed by atoms with E-state index in [0.29, 0.717) is 5.75 Å². The molecule has 1 rings (SSSR count). The number of carbonyl (C=O) groups is 2. The second-order valence-electron chi connectivity index (χ2n) is 4.63. The third-order valence-electron chi connectivity index (χ3n) is 3.02. The molecule has 1 aromatic rings. The SMILES string of the molecule is CC(CSc1ccc(F)cc1)C(=O)N(C)C(C)C(=O)O. The Labute approximate surface area is 122 Å². The van der Waals surface area contributed by atoms with Gasteiger partial charge in [-0.15, -0.1) is 11.8 Å². The van der Waals surface area contributed by atoms with Gasteiger partial charge in [0.1, 0.15) is 11.9 Å². The van der Waals surface area contributed by atoms with Gasteiger partial charge in [0, 0.05) is 23.6 Å². The normalized spacial score (nSPS) is 13.6. The molecule has 0 saturated heterocycles. The van der Waals surface area contributed by atoms with Gasteiger partial charge in [-0.05, 0) is 31.2 Å². The van der Waals surface area contributed by atoms with Crippen molar-refractivity contribution in [2.24, 2.45) is 5.92 Å². The molecule has 1 N–H and O–H groups in total. The zero-order valence-corrected chi connectivity index (χ0v) is 12.5. The summed E-state index contributed by atoms with van der Waals surface area (Å²) < 4.78 is 12.8. The molecule has 2 atom stereocenters. The van der Waals surface area contributed by atoms with Crippen molar-refractivity contribution in [3.63, 3.8) is 0 Å². The number of carbonyl (C=O) groups excluding carboxylic acids is 1. The van der Waals surface area contributed by atoms with E-state index in [-0.39, 0.29) is 17.6 Å². The van der Waals surface area contributed by atoms with E-state index in [1.807, 2.05) is 0 Å². The largest absolute Gasteiger partial charge is 0.480 e. The van der Waals surface area contributed by atoms with Crippen LogP contribution in [0.1, 0.15) is 13.8 Å². The predicted molar refractivity (Wildman–Crippen MR) is 76.2 cm³/mol. The van der Waals surface area contributed by atoms with Crippen LogP contribution < -0.4 is 0 Å². The maximum Gasteiger partial charge on any atom is 0.326 e. The summed E-state index contributed by atoms with van der Waals surface area (Å²) in [4.78, 5) is 25.0. The molecule has 6 heteroatoms. The molecular formula is C14H18FNO3S. The number of carboxylic acid groups (broad SMARTS) is 1. The zero-order chi connectivity index (χ0) is 15.3. The Hall–Kier alpha value is -1.56. The molecular weight excluding hydrogens is 281 g/mol. The van der Waals surface area contributed by atoms with Gasteiger partial charge in [0.15, 0.2) is 0 Å². The monoisotopic (exact) mass is 299 g/mol. The molecule has 110 valence electrons. The Morgan fingerprint density at radius 3 is 2.35 bits per heavy atom. The number of hydrogen-bond donors (Lipinski definition) is 1. The predicted octanol–water partition coefficient (Wildman–Crippen LogP) is 2.49. The molecule has 2 unspecified atom stereocenters. The fourth-order valence-electron chi connectivity index (χ4n) is 1.53. The smallest absolute Gasteiger partial charge is 0.326 e. The van der Waals surface area contributed by atoms with E-state index in [0.717, 1.165) is 4.90 Å². The van der Waals surface area contributed by atoms with Gasteiger partial charge < -0.3 is 10.0 Å². The number of amides is 1. The van der Waals surface area contributed by atoms with E-state index >= 15 is 0 Å². The minimum Gasteiger partial charge on any atom is -0.480 e. The molecule has 4 nitrogen and oxygen atoms in total. The van der Waals surface area contributed by atoms with Crippen LogP contribution in [0, 0.1) is 11.7 Å². The first-order valence-corrected chi connectivity index (χ1v) is 7.19. The summed E-state index contributed by atoms with van der Waals surface area (Å²) in [5.74, 6) is -1.33. The first-order valence-electron chi connectivity index (χ1n) is 6.20. The number of aliphatic carboxylic acids is 1. The molecule has 0 bridgehead atoms. The molecule has 1 aromatic carbocycles. The number of likely N-dealkylation sites (N-methyl/N-ethyl adjacent to an activating group) is 1. The van der Waals surface area contributed by atoms with Crippen LogP contribution in [0.15, 0.2) is 29.2 Å². The van der Waals surface area contributed by atoms with Gasteiger partial charge in [0.05, 0.1) is 0 Å². The summed E-state index contributed by atoms with van der Waals surface area (Å²) in [6.45, 7) is 3.23. The van der Waals surface area contributed by atoms with E-state index in [9.17, 15) is 14.0 Å². The quantitative estimate of drug-likeness (QED) is 0.820. The number of hydrogen-bond acceptors (Lipinski definition) is 3. The van der Waals surface area contributed by atoms with E-state index < -0.39 is 12.0 Å². The van der Waals surface area contributed by atoms with Gasteiger partial charge in [-0.25, -0.2) is 9.18 Å². The minimum atomic E-state index is -1.03. The Morgan fingerprint density at radius 1 is 1.30 bits per heavy atom. The average Bonchev–Trinajstić information content (AvgIpc) is 2.43. The van der Waals surface area contributed by atoms with Crippen LogP contribution in [0.2, 0.25) is 0 Å². The van der Waals surface area contributed by atoms with Crippen LogP contribution >= 0.6 is 11.8 Å². The average molecular weight is 299 g/mol. The molecule has 0 radical (unpaired) electrons. The molecule has 0 fully saturated rings. The lowest BCUT2D eigenvalue weighted by atomic mass is 10.1. The second kappa shape index (κ2) is 7.28. The fraction of sp³-hybridized carbons (Fsp3) is 0.429. The van der Waals surface area contributed by atoms with E-state index in [2.05, 4.69) is 0 Å². The van der Waals surface area contributed by atoms with Gasteiger partial charge in [-0.3, -0.25) is 4.79 Å². The standard InChI is InChI=1S/C14H18FNO3S/c1-9(13(17)16(3)10(2)14(18)19)8-20-12-6-4-11(15)5-7-12/h4-7,9-10H,8H2,1-3H3,(H,18,19). The maximum absolute atomic E-state index is 12.8. The van der Waals surface area contributed by atoms with Crippen molar-refractivity contribution in [1.29, 1.82) is 0 Å². The number of thioether (sulfide) groups is 1. The van der Waals surface area contributed by atoms with Gasteiger partial charge in [-0.1, -0.05) is 6.92 Å². The van der Waals surface area contributed by atoms with Crippen molar-refractivity contribution in [3.8, 4) is 0 Å². The Kier molecular flexibility index (Phi) is 6.01. The summed E-state index contributed by atoms with van der Waals surface area (Å²) >= 11 is 1.44. The van der Waals surface area contributed by atoms with Crippen LogP contribution in [-0.4, -0.2) is 40.7 Å². The molecule has 0 heterocycles. The topological polar surface area (TPSA) is 57.6 Å². The van der Waals surface area contributed by atoms with E-state index in [4.69, 9.17) is 5.11 Å². The summed E-state index contributed by atoms with van der Waals surface area (Å²) in [6, 6.07) is 5.20. The van der Waals surface area contributed by atoms with Crippen LogP contribution in [0.5, 0.6) is 0 Å². The Morgan fingerprint density at radius 2 is 1.85 bits per heavy atom. The van der Waals surface area contributed by atoms with E-state index in [1.165, 1.54) is 42.8 Å². The summed E-state index contributed by atoms with van der Waals surface area (Å²) in [5, 5.41) is 8.88. The third-order valence-corrected chi connectivity index (χ3v) is 4.29. The highest BCUT2D eigenvalue weighted by atomic mass is 32.2. The number of carboxylic acids is 1. The van der Waals surface area contributed by atoms with Crippen molar-refractivity contribution >= 4 is 23.6 Å². The number of nitrogens with zero attached hydrogens (tertiary/aromatic N) is 1. The van der Waals surface area contributed by atoms with Crippen molar-refractivity contribution in [3.05, 3.63) is 30.1 Å². The summed E-state index contributed by atoms with van der Waals surface area (Å²) in [5.41, 5.74) is 0. The molecule has 0 aliphatic carbocycles. The molecule has 0 saturated carbocycles. The Balaban J connectivity index is 2.53. The van der Waals surface area contributed by atoms with Crippen molar-refractivity contribution in [1.82, 2.24) is 4.90 Å². The van der Waals surface area contributed by atoms with Crippen molar-refractivity contribution in [2.45, 2.75) is 24.8 Å². The van der Waals surface area contributed by atoms with Crippen LogP contribution in [0.4, 0.5) is 4.39 Å². The third kappa shape index (κ3) is 4.52. The van der Waals surface area contributed by atoms with Gasteiger partial charge in [-0.2, -0.15) is 0 Å². The lowest BCUT2D eigenvalue weighted by Crippen LogP contribution is -2.43. The maximum atomic E-state index is 12.8. The van der Waals surface area contributed by atoms with Gasteiger partial charge in [0.25, 0.3) is 0 Å². The number of halogens is 1. The van der Waals surface area contributed by atoms with Crippen molar-refractivity contribution in [2.75, 3.05) is 12.8 Å². The second-order valence-corrected chi connectivity index (χ2v) is 5.72. The number of benzene rings is 1. The summed E-state index contributed by atoms with van der Waals surface area (Å²) in [6.07, 6.45) is 0. The van der Waals surface area contributed by atoms with Gasteiger partial charge >= 0.3 is 5.97 Å². The molecule has 0 aliphatic heterocycles. The highest BCUT2D eigenvalue weighted by Crippen LogP contribution is 2.22. The fourth-order valence-corrected chi connectivity index (χ4v) is 2.44. The minimum absolute atomic E-state index is 0.213. The molecule has 0 aliphatic rings.